The smallest absolute Gasteiger partial charge is 0.0245 e. The van der Waals surface area contributed by atoms with Gasteiger partial charge in [-0.2, -0.15) is 0 Å². The third kappa shape index (κ3) is 1.77. The van der Waals surface area contributed by atoms with Crippen LogP contribution in [0.1, 0.15) is 39.2 Å². The van der Waals surface area contributed by atoms with E-state index in [4.69, 9.17) is 0 Å². The van der Waals surface area contributed by atoms with Crippen LogP contribution >= 0.6 is 0 Å². The molecule has 0 saturated heterocycles. The SMILES string of the molecule is CC1C(C#Cc2ccccc2)C[C@@H]2C[C@H]1C2(C)C. The van der Waals surface area contributed by atoms with Gasteiger partial charge in [0.1, 0.15) is 0 Å². The van der Waals surface area contributed by atoms with Crippen LogP contribution in [0.4, 0.5) is 0 Å². The minimum Gasteiger partial charge on any atom is -0.0942 e. The number of benzene rings is 1. The van der Waals surface area contributed by atoms with Crippen molar-refractivity contribution in [1.82, 2.24) is 0 Å². The summed E-state index contributed by atoms with van der Waals surface area (Å²) in [5.74, 6) is 10.1. The second-order valence-electron chi connectivity index (χ2n) is 6.70. The van der Waals surface area contributed by atoms with Crippen molar-refractivity contribution >= 4 is 0 Å². The molecule has 0 aliphatic heterocycles. The van der Waals surface area contributed by atoms with E-state index in [2.05, 4.69) is 56.9 Å². The van der Waals surface area contributed by atoms with Crippen molar-refractivity contribution in [2.45, 2.75) is 33.6 Å². The molecule has 3 fully saturated rings. The van der Waals surface area contributed by atoms with Gasteiger partial charge in [0.05, 0.1) is 0 Å². The third-order valence-electron chi connectivity index (χ3n) is 5.53. The molecule has 0 radical (unpaired) electrons. The first kappa shape index (κ1) is 11.8. The van der Waals surface area contributed by atoms with Crippen LogP contribution in [-0.2, 0) is 0 Å². The summed E-state index contributed by atoms with van der Waals surface area (Å²) >= 11 is 0. The Morgan fingerprint density at radius 3 is 2.44 bits per heavy atom. The van der Waals surface area contributed by atoms with Crippen molar-refractivity contribution in [3.8, 4) is 11.8 Å². The first-order chi connectivity index (χ1) is 8.59. The predicted octanol–water partition coefficient (Wildman–Crippen LogP) is 4.36. The Balaban J connectivity index is 1.75. The van der Waals surface area contributed by atoms with Crippen LogP contribution in [0.2, 0.25) is 0 Å². The Labute approximate surface area is 111 Å². The highest BCUT2D eigenvalue weighted by molar-refractivity contribution is 5.34. The van der Waals surface area contributed by atoms with E-state index in [1.54, 1.807) is 0 Å². The molecule has 3 saturated carbocycles. The summed E-state index contributed by atoms with van der Waals surface area (Å²) in [5.41, 5.74) is 1.73. The number of rotatable bonds is 0. The Bertz CT molecular complexity index is 486. The van der Waals surface area contributed by atoms with Crippen LogP contribution in [-0.4, -0.2) is 0 Å². The van der Waals surface area contributed by atoms with Crippen molar-refractivity contribution in [1.29, 1.82) is 0 Å². The van der Waals surface area contributed by atoms with Gasteiger partial charge in [0.25, 0.3) is 0 Å². The van der Waals surface area contributed by atoms with Gasteiger partial charge >= 0.3 is 0 Å². The molecule has 0 spiro atoms. The molecule has 3 aliphatic rings. The van der Waals surface area contributed by atoms with E-state index in [1.165, 1.54) is 12.8 Å². The summed E-state index contributed by atoms with van der Waals surface area (Å²) < 4.78 is 0. The molecule has 0 heterocycles. The second kappa shape index (κ2) is 4.16. The first-order valence-electron chi connectivity index (χ1n) is 7.15. The van der Waals surface area contributed by atoms with Crippen molar-refractivity contribution < 1.29 is 0 Å². The van der Waals surface area contributed by atoms with E-state index in [0.29, 0.717) is 11.3 Å². The van der Waals surface area contributed by atoms with Gasteiger partial charge in [-0.15, -0.1) is 0 Å². The van der Waals surface area contributed by atoms with Gasteiger partial charge in [0.2, 0.25) is 0 Å². The van der Waals surface area contributed by atoms with Crippen LogP contribution in [0.5, 0.6) is 0 Å². The summed E-state index contributed by atoms with van der Waals surface area (Å²) in [4.78, 5) is 0. The molecular formula is C18H22. The van der Waals surface area contributed by atoms with Crippen LogP contribution in [0.15, 0.2) is 30.3 Å². The average molecular weight is 238 g/mol. The van der Waals surface area contributed by atoms with Gasteiger partial charge in [-0.25, -0.2) is 0 Å². The third-order valence-corrected chi connectivity index (χ3v) is 5.53. The number of hydrogen-bond acceptors (Lipinski definition) is 0. The van der Waals surface area contributed by atoms with Crippen molar-refractivity contribution in [2.75, 3.05) is 0 Å². The van der Waals surface area contributed by atoms with Crippen molar-refractivity contribution in [3.05, 3.63) is 35.9 Å². The van der Waals surface area contributed by atoms with Crippen LogP contribution < -0.4 is 0 Å². The zero-order valence-corrected chi connectivity index (χ0v) is 11.6. The summed E-state index contributed by atoms with van der Waals surface area (Å²) in [5, 5.41) is 0. The molecule has 0 aromatic heterocycles. The fourth-order valence-electron chi connectivity index (χ4n) is 4.04. The maximum atomic E-state index is 3.54. The lowest BCUT2D eigenvalue weighted by Crippen LogP contribution is -2.54. The first-order valence-corrected chi connectivity index (χ1v) is 7.15. The quantitative estimate of drug-likeness (QED) is 0.589. The molecule has 2 bridgehead atoms. The Kier molecular flexibility index (Phi) is 2.74. The standard InChI is InChI=1S/C18H22/c1-13-15(10-9-14-7-5-4-6-8-14)11-16-12-17(13)18(16,2)3/h4-8,13,15-17H,11-12H2,1-3H3/t13?,15?,16-,17-/m1/s1. The highest BCUT2D eigenvalue weighted by atomic mass is 14.6. The topological polar surface area (TPSA) is 0 Å². The monoisotopic (exact) mass is 238 g/mol. The molecule has 0 amide bonds. The summed E-state index contributed by atoms with van der Waals surface area (Å²) in [6.07, 6.45) is 2.75. The minimum absolute atomic E-state index is 0.574. The molecule has 4 rings (SSSR count). The Hall–Kier alpha value is -1.22. The lowest BCUT2D eigenvalue weighted by atomic mass is 9.43. The number of hydrogen-bond donors (Lipinski definition) is 0. The lowest BCUT2D eigenvalue weighted by molar-refractivity contribution is -0.116. The van der Waals surface area contributed by atoms with Gasteiger partial charge in [0, 0.05) is 11.5 Å². The molecule has 0 heteroatoms. The van der Waals surface area contributed by atoms with Gasteiger partial charge in [-0.3, -0.25) is 0 Å². The fourth-order valence-corrected chi connectivity index (χ4v) is 4.04. The Morgan fingerprint density at radius 2 is 1.83 bits per heavy atom. The van der Waals surface area contributed by atoms with Gasteiger partial charge < -0.3 is 0 Å². The molecule has 4 atom stereocenters. The van der Waals surface area contributed by atoms with Crippen LogP contribution in [0, 0.1) is 40.9 Å². The summed E-state index contributed by atoms with van der Waals surface area (Å²) in [6.45, 7) is 7.30. The van der Waals surface area contributed by atoms with Gasteiger partial charge in [-0.05, 0) is 48.1 Å². The second-order valence-corrected chi connectivity index (χ2v) is 6.70. The largest absolute Gasteiger partial charge is 0.0942 e. The predicted molar refractivity (Wildman–Crippen MR) is 76.0 cm³/mol. The average Bonchev–Trinajstić information content (AvgIpc) is 2.38. The minimum atomic E-state index is 0.574. The molecule has 0 N–H and O–H groups in total. The van der Waals surface area contributed by atoms with E-state index in [9.17, 15) is 0 Å². The van der Waals surface area contributed by atoms with Crippen molar-refractivity contribution in [3.63, 3.8) is 0 Å². The molecule has 0 nitrogen and oxygen atoms in total. The lowest BCUT2D eigenvalue weighted by Gasteiger charge is -2.61. The van der Waals surface area contributed by atoms with Crippen molar-refractivity contribution in [2.24, 2.45) is 29.1 Å². The van der Waals surface area contributed by atoms with Gasteiger partial charge in [-0.1, -0.05) is 50.8 Å². The van der Waals surface area contributed by atoms with E-state index in [1.807, 2.05) is 6.07 Å². The Morgan fingerprint density at radius 1 is 1.11 bits per heavy atom. The highest BCUT2D eigenvalue weighted by Crippen LogP contribution is 2.62. The maximum absolute atomic E-state index is 3.54. The molecule has 18 heavy (non-hydrogen) atoms. The normalized spacial score (nSPS) is 36.2. The number of fused-ring (bicyclic) bond motifs is 2. The van der Waals surface area contributed by atoms with E-state index < -0.39 is 0 Å². The zero-order valence-electron chi connectivity index (χ0n) is 11.6. The van der Waals surface area contributed by atoms with Crippen LogP contribution in [0.25, 0.3) is 0 Å². The zero-order chi connectivity index (χ0) is 12.8. The molecule has 1 aromatic rings. The summed E-state index contributed by atoms with van der Waals surface area (Å²) in [7, 11) is 0. The molecule has 3 aliphatic carbocycles. The van der Waals surface area contributed by atoms with Gasteiger partial charge in [0.15, 0.2) is 0 Å². The van der Waals surface area contributed by atoms with E-state index in [0.717, 1.165) is 23.3 Å². The molecule has 1 aromatic carbocycles. The fraction of sp³-hybridized carbons (Fsp3) is 0.556. The highest BCUT2D eigenvalue weighted by Gasteiger charge is 2.55. The maximum Gasteiger partial charge on any atom is 0.0245 e. The van der Waals surface area contributed by atoms with E-state index >= 15 is 0 Å². The molecule has 94 valence electrons. The van der Waals surface area contributed by atoms with Crippen LogP contribution in [0.3, 0.4) is 0 Å². The molecular weight excluding hydrogens is 216 g/mol. The van der Waals surface area contributed by atoms with E-state index in [-0.39, 0.29) is 0 Å². The molecule has 2 unspecified atom stereocenters. The summed E-state index contributed by atoms with van der Waals surface area (Å²) in [6, 6.07) is 10.4.